The molecule has 0 saturated heterocycles. The number of nitrogens with zero attached hydrogens (tertiary/aromatic N) is 2. The number of carbonyl (C=O) groups excluding carboxylic acids is 1. The van der Waals surface area contributed by atoms with Crippen molar-refractivity contribution in [1.29, 1.82) is 5.26 Å². The van der Waals surface area contributed by atoms with Gasteiger partial charge in [-0.15, -0.1) is 0 Å². The van der Waals surface area contributed by atoms with Crippen LogP contribution in [-0.2, 0) is 0 Å². The third kappa shape index (κ3) is 2.23. The van der Waals surface area contributed by atoms with Crippen molar-refractivity contribution in [2.75, 3.05) is 7.05 Å². The van der Waals surface area contributed by atoms with Crippen LogP contribution < -0.4 is 0 Å². The minimum Gasteiger partial charge on any atom is -0.317 e. The van der Waals surface area contributed by atoms with E-state index in [1.165, 1.54) is 17.2 Å². The predicted molar refractivity (Wildman–Crippen MR) is 70.8 cm³/mol. The van der Waals surface area contributed by atoms with E-state index in [1.807, 2.05) is 42.5 Å². The molecule has 0 aliphatic carbocycles. The summed E-state index contributed by atoms with van der Waals surface area (Å²) >= 11 is 0. The molecule has 0 radical (unpaired) electrons. The molecule has 2 rings (SSSR count). The lowest BCUT2D eigenvalue weighted by molar-refractivity contribution is 0.0852. The van der Waals surface area contributed by atoms with Gasteiger partial charge in [0.15, 0.2) is 0 Å². The highest BCUT2D eigenvalue weighted by Gasteiger charge is 2.12. The van der Waals surface area contributed by atoms with Crippen LogP contribution >= 0.6 is 0 Å². The van der Waals surface area contributed by atoms with E-state index >= 15 is 0 Å². The summed E-state index contributed by atoms with van der Waals surface area (Å²) in [5.74, 6) is -0.127. The van der Waals surface area contributed by atoms with Gasteiger partial charge in [0.05, 0.1) is 6.07 Å². The molecule has 2 aromatic carbocycles. The molecule has 0 heterocycles. The van der Waals surface area contributed by atoms with Crippen LogP contribution in [0.3, 0.4) is 0 Å². The highest BCUT2D eigenvalue weighted by Crippen LogP contribution is 2.19. The molecule has 18 heavy (non-hydrogen) atoms. The quantitative estimate of drug-likeness (QED) is 0.752. The second-order valence-electron chi connectivity index (χ2n) is 3.89. The first-order valence-corrected chi connectivity index (χ1v) is 5.55. The van der Waals surface area contributed by atoms with Crippen LogP contribution in [0.25, 0.3) is 10.8 Å². The molecular formula is C15H12N2O. The summed E-state index contributed by atoms with van der Waals surface area (Å²) in [6, 6.07) is 15.2. The lowest BCUT2D eigenvalue weighted by Gasteiger charge is -2.13. The molecule has 1 amide bonds. The minimum absolute atomic E-state index is 0.127. The topological polar surface area (TPSA) is 44.1 Å². The average molecular weight is 236 g/mol. The first kappa shape index (κ1) is 11.9. The van der Waals surface area contributed by atoms with Crippen LogP contribution in [0.4, 0.5) is 0 Å². The van der Waals surface area contributed by atoms with Crippen LogP contribution in [0.15, 0.2) is 54.7 Å². The maximum atomic E-state index is 12.2. The molecule has 88 valence electrons. The van der Waals surface area contributed by atoms with E-state index in [1.54, 1.807) is 13.1 Å². The van der Waals surface area contributed by atoms with E-state index in [4.69, 9.17) is 5.26 Å². The summed E-state index contributed by atoms with van der Waals surface area (Å²) in [5, 5.41) is 10.4. The molecule has 0 spiro atoms. The molecule has 0 atom stereocenters. The van der Waals surface area contributed by atoms with Crippen LogP contribution in [0.2, 0.25) is 0 Å². The van der Waals surface area contributed by atoms with Crippen LogP contribution in [-0.4, -0.2) is 17.9 Å². The highest BCUT2D eigenvalue weighted by atomic mass is 16.2. The van der Waals surface area contributed by atoms with Crippen molar-refractivity contribution in [1.82, 2.24) is 4.90 Å². The second kappa shape index (κ2) is 5.15. The molecule has 0 aliphatic rings. The molecule has 0 bridgehead atoms. The number of amides is 1. The predicted octanol–water partition coefficient (Wildman–Crippen LogP) is 2.95. The normalized spacial score (nSPS) is 10.4. The van der Waals surface area contributed by atoms with E-state index in [0.717, 1.165) is 10.8 Å². The Balaban J connectivity index is 2.46. The van der Waals surface area contributed by atoms with Gasteiger partial charge in [-0.05, 0) is 16.8 Å². The third-order valence-corrected chi connectivity index (χ3v) is 2.71. The number of nitriles is 1. The first-order valence-electron chi connectivity index (χ1n) is 5.55. The van der Waals surface area contributed by atoms with Gasteiger partial charge in [-0.2, -0.15) is 5.26 Å². The van der Waals surface area contributed by atoms with Crippen molar-refractivity contribution in [2.24, 2.45) is 0 Å². The molecule has 3 nitrogen and oxygen atoms in total. The molecule has 3 heteroatoms. The Hall–Kier alpha value is -2.60. The number of carbonyl (C=O) groups is 1. The Bertz CT molecular complexity index is 648. The van der Waals surface area contributed by atoms with Gasteiger partial charge < -0.3 is 4.90 Å². The molecule has 0 unspecified atom stereocenters. The molecule has 2 aromatic rings. The largest absolute Gasteiger partial charge is 0.317 e. The zero-order chi connectivity index (χ0) is 13.0. The number of benzene rings is 2. The van der Waals surface area contributed by atoms with Gasteiger partial charge in [0.25, 0.3) is 5.91 Å². The fraction of sp³-hybridized carbons (Fsp3) is 0.0667. The fourth-order valence-corrected chi connectivity index (χ4v) is 1.81. The van der Waals surface area contributed by atoms with Gasteiger partial charge >= 0.3 is 0 Å². The zero-order valence-electron chi connectivity index (χ0n) is 10.00. The Morgan fingerprint density at radius 1 is 1.22 bits per heavy atom. The summed E-state index contributed by atoms with van der Waals surface area (Å²) < 4.78 is 0. The smallest absolute Gasteiger partial charge is 0.258 e. The first-order chi connectivity index (χ1) is 8.74. The number of hydrogen-bond acceptors (Lipinski definition) is 2. The molecule has 0 fully saturated rings. The van der Waals surface area contributed by atoms with E-state index in [2.05, 4.69) is 0 Å². The third-order valence-electron chi connectivity index (χ3n) is 2.71. The van der Waals surface area contributed by atoms with E-state index in [9.17, 15) is 4.79 Å². The Morgan fingerprint density at radius 2 is 1.94 bits per heavy atom. The highest BCUT2D eigenvalue weighted by molar-refractivity contribution is 6.07. The lowest BCUT2D eigenvalue weighted by Crippen LogP contribution is -2.21. The fourth-order valence-electron chi connectivity index (χ4n) is 1.81. The van der Waals surface area contributed by atoms with Gasteiger partial charge in [0, 0.05) is 24.9 Å². The van der Waals surface area contributed by atoms with Crippen molar-refractivity contribution in [3.63, 3.8) is 0 Å². The van der Waals surface area contributed by atoms with Crippen LogP contribution in [0.5, 0.6) is 0 Å². The van der Waals surface area contributed by atoms with Crippen molar-refractivity contribution < 1.29 is 4.79 Å². The standard InChI is InChI=1S/C15H12N2O/c1-17(11-5-10-16)15(18)14-9-4-7-12-6-2-3-8-13(12)14/h2-9,11H,1H3/b11-5+. The second-order valence-corrected chi connectivity index (χ2v) is 3.89. The maximum absolute atomic E-state index is 12.2. The van der Waals surface area contributed by atoms with Gasteiger partial charge in [-0.1, -0.05) is 36.4 Å². The van der Waals surface area contributed by atoms with E-state index < -0.39 is 0 Å². The molecule has 0 aromatic heterocycles. The summed E-state index contributed by atoms with van der Waals surface area (Å²) in [7, 11) is 1.64. The summed E-state index contributed by atoms with van der Waals surface area (Å²) in [5.41, 5.74) is 0.637. The Morgan fingerprint density at radius 3 is 2.72 bits per heavy atom. The van der Waals surface area contributed by atoms with Crippen molar-refractivity contribution in [3.8, 4) is 6.07 Å². The number of hydrogen-bond donors (Lipinski definition) is 0. The zero-order valence-corrected chi connectivity index (χ0v) is 10.00. The SMILES string of the molecule is CN(/C=C/C#N)C(=O)c1cccc2ccccc12. The number of rotatable bonds is 2. The lowest BCUT2D eigenvalue weighted by atomic mass is 10.0. The molecular weight excluding hydrogens is 224 g/mol. The summed E-state index contributed by atoms with van der Waals surface area (Å²) in [6.45, 7) is 0. The number of allylic oxidation sites excluding steroid dienone is 1. The maximum Gasteiger partial charge on any atom is 0.258 e. The Kier molecular flexibility index (Phi) is 3.40. The molecule has 0 saturated carbocycles. The van der Waals surface area contributed by atoms with Gasteiger partial charge in [-0.3, -0.25) is 4.79 Å². The van der Waals surface area contributed by atoms with Gasteiger partial charge in [0.2, 0.25) is 0 Å². The van der Waals surface area contributed by atoms with Gasteiger partial charge in [0.1, 0.15) is 0 Å². The summed E-state index contributed by atoms with van der Waals surface area (Å²) in [4.78, 5) is 13.6. The van der Waals surface area contributed by atoms with Crippen LogP contribution in [0.1, 0.15) is 10.4 Å². The monoisotopic (exact) mass is 236 g/mol. The van der Waals surface area contributed by atoms with Crippen LogP contribution in [0, 0.1) is 11.3 Å². The number of fused-ring (bicyclic) bond motifs is 1. The van der Waals surface area contributed by atoms with E-state index in [-0.39, 0.29) is 5.91 Å². The van der Waals surface area contributed by atoms with Crippen molar-refractivity contribution in [3.05, 3.63) is 60.3 Å². The van der Waals surface area contributed by atoms with Crippen molar-refractivity contribution >= 4 is 16.7 Å². The molecule has 0 N–H and O–H groups in total. The van der Waals surface area contributed by atoms with Gasteiger partial charge in [-0.25, -0.2) is 0 Å². The average Bonchev–Trinajstić information content (AvgIpc) is 2.43. The summed E-state index contributed by atoms with van der Waals surface area (Å²) in [6.07, 6.45) is 2.74. The minimum atomic E-state index is -0.127. The van der Waals surface area contributed by atoms with Crippen molar-refractivity contribution in [2.45, 2.75) is 0 Å². The molecule has 0 aliphatic heterocycles. The van der Waals surface area contributed by atoms with E-state index in [0.29, 0.717) is 5.56 Å². The Labute approximate surface area is 106 Å².